The molecule has 1 fully saturated rings. The molecule has 19 heavy (non-hydrogen) atoms. The third-order valence-electron chi connectivity index (χ3n) is 4.06. The van der Waals surface area contributed by atoms with E-state index < -0.39 is 0 Å². The maximum absolute atomic E-state index is 9.17. The van der Waals surface area contributed by atoms with Crippen LogP contribution in [0.1, 0.15) is 38.1 Å². The molecule has 0 spiro atoms. The SMILES string of the molecule is CCn1nc(C)c(Br)c1CN1CCC(C)(C#N)CC1. The van der Waals surface area contributed by atoms with E-state index in [0.717, 1.165) is 49.2 Å². The fraction of sp³-hybridized carbons (Fsp3) is 0.714. The van der Waals surface area contributed by atoms with Gasteiger partial charge < -0.3 is 0 Å². The van der Waals surface area contributed by atoms with Crippen molar-refractivity contribution < 1.29 is 0 Å². The van der Waals surface area contributed by atoms with Crippen molar-refractivity contribution in [2.75, 3.05) is 13.1 Å². The van der Waals surface area contributed by atoms with Crippen LogP contribution in [0.3, 0.4) is 0 Å². The zero-order valence-corrected chi connectivity index (χ0v) is 13.5. The number of aromatic nitrogens is 2. The maximum Gasteiger partial charge on any atom is 0.0739 e. The molecule has 1 aromatic rings. The Bertz CT molecular complexity index is 492. The van der Waals surface area contributed by atoms with E-state index in [9.17, 15) is 0 Å². The normalized spacial score (nSPS) is 19.3. The molecule has 104 valence electrons. The van der Waals surface area contributed by atoms with E-state index in [1.807, 2.05) is 6.92 Å². The average Bonchev–Trinajstić information content (AvgIpc) is 2.69. The molecule has 1 aromatic heterocycles. The van der Waals surface area contributed by atoms with Crippen LogP contribution in [0.25, 0.3) is 0 Å². The van der Waals surface area contributed by atoms with Crippen molar-refractivity contribution in [1.29, 1.82) is 5.26 Å². The van der Waals surface area contributed by atoms with Crippen molar-refractivity contribution in [3.63, 3.8) is 0 Å². The molecule has 0 aliphatic carbocycles. The second-order valence-electron chi connectivity index (χ2n) is 5.61. The molecule has 2 rings (SSSR count). The smallest absolute Gasteiger partial charge is 0.0739 e. The molecule has 0 unspecified atom stereocenters. The summed E-state index contributed by atoms with van der Waals surface area (Å²) >= 11 is 3.64. The van der Waals surface area contributed by atoms with Crippen molar-refractivity contribution >= 4 is 15.9 Å². The summed E-state index contributed by atoms with van der Waals surface area (Å²) in [5.74, 6) is 0. The Morgan fingerprint density at radius 2 is 2.05 bits per heavy atom. The minimum atomic E-state index is -0.130. The van der Waals surface area contributed by atoms with Crippen molar-refractivity contribution in [3.8, 4) is 6.07 Å². The average molecular weight is 325 g/mol. The Morgan fingerprint density at radius 1 is 1.42 bits per heavy atom. The van der Waals surface area contributed by atoms with Gasteiger partial charge in [-0.15, -0.1) is 0 Å². The van der Waals surface area contributed by atoms with Crippen LogP contribution in [0.2, 0.25) is 0 Å². The molecule has 0 N–H and O–H groups in total. The monoisotopic (exact) mass is 324 g/mol. The topological polar surface area (TPSA) is 44.9 Å². The van der Waals surface area contributed by atoms with Gasteiger partial charge in [0.15, 0.2) is 0 Å². The van der Waals surface area contributed by atoms with Gasteiger partial charge in [-0.05, 0) is 49.5 Å². The van der Waals surface area contributed by atoms with Gasteiger partial charge in [-0.2, -0.15) is 10.4 Å². The van der Waals surface area contributed by atoms with E-state index >= 15 is 0 Å². The Kier molecular flexibility index (Phi) is 4.32. The zero-order valence-electron chi connectivity index (χ0n) is 11.9. The molecule has 1 aliphatic heterocycles. The molecule has 1 aliphatic rings. The highest BCUT2D eigenvalue weighted by atomic mass is 79.9. The van der Waals surface area contributed by atoms with Crippen LogP contribution in [-0.4, -0.2) is 27.8 Å². The first-order valence-electron chi connectivity index (χ1n) is 6.84. The van der Waals surface area contributed by atoms with Crippen molar-refractivity contribution in [2.45, 2.75) is 46.7 Å². The first-order valence-corrected chi connectivity index (χ1v) is 7.64. The lowest BCUT2D eigenvalue weighted by atomic mass is 9.82. The van der Waals surface area contributed by atoms with Gasteiger partial charge in [-0.3, -0.25) is 9.58 Å². The predicted octanol–water partition coefficient (Wildman–Crippen LogP) is 3.10. The van der Waals surface area contributed by atoms with Gasteiger partial charge in [0.05, 0.1) is 27.3 Å². The van der Waals surface area contributed by atoms with Gasteiger partial charge in [0.2, 0.25) is 0 Å². The van der Waals surface area contributed by atoms with Crippen molar-refractivity contribution in [1.82, 2.24) is 14.7 Å². The summed E-state index contributed by atoms with van der Waals surface area (Å²) < 4.78 is 3.19. The van der Waals surface area contributed by atoms with Crippen LogP contribution in [-0.2, 0) is 13.1 Å². The predicted molar refractivity (Wildman–Crippen MR) is 78.6 cm³/mol. The van der Waals surface area contributed by atoms with Crippen LogP contribution >= 0.6 is 15.9 Å². The fourth-order valence-corrected chi connectivity index (χ4v) is 2.96. The van der Waals surface area contributed by atoms with Crippen LogP contribution in [0.5, 0.6) is 0 Å². The third-order valence-corrected chi connectivity index (χ3v) is 5.09. The van der Waals surface area contributed by atoms with E-state index in [-0.39, 0.29) is 5.41 Å². The largest absolute Gasteiger partial charge is 0.297 e. The van der Waals surface area contributed by atoms with Crippen molar-refractivity contribution in [2.24, 2.45) is 5.41 Å². The van der Waals surface area contributed by atoms with Crippen LogP contribution in [0.15, 0.2) is 4.47 Å². The number of hydrogen-bond acceptors (Lipinski definition) is 3. The second-order valence-corrected chi connectivity index (χ2v) is 6.40. The summed E-state index contributed by atoms with van der Waals surface area (Å²) in [6.45, 7) is 10.0. The number of likely N-dealkylation sites (tertiary alicyclic amines) is 1. The number of hydrogen-bond donors (Lipinski definition) is 0. The zero-order chi connectivity index (χ0) is 14.0. The van der Waals surface area contributed by atoms with E-state index in [0.29, 0.717) is 0 Å². The van der Waals surface area contributed by atoms with Gasteiger partial charge in [-0.25, -0.2) is 0 Å². The molecule has 0 saturated carbocycles. The highest BCUT2D eigenvalue weighted by Gasteiger charge is 2.30. The van der Waals surface area contributed by atoms with E-state index in [1.165, 1.54) is 5.69 Å². The molecule has 0 amide bonds. The highest BCUT2D eigenvalue weighted by molar-refractivity contribution is 9.10. The molecule has 4 nitrogen and oxygen atoms in total. The van der Waals surface area contributed by atoms with Gasteiger partial charge in [0, 0.05) is 26.2 Å². The molecule has 2 heterocycles. The second kappa shape index (κ2) is 5.64. The summed E-state index contributed by atoms with van der Waals surface area (Å²) in [7, 11) is 0. The third kappa shape index (κ3) is 3.01. The Hall–Kier alpha value is -0.860. The van der Waals surface area contributed by atoms with E-state index in [2.05, 4.69) is 50.5 Å². The van der Waals surface area contributed by atoms with Crippen LogP contribution < -0.4 is 0 Å². The lowest BCUT2D eigenvalue weighted by Gasteiger charge is -2.34. The molecular formula is C14H21BrN4. The summed E-state index contributed by atoms with van der Waals surface area (Å²) in [5.41, 5.74) is 2.17. The lowest BCUT2D eigenvalue weighted by Crippen LogP contribution is -2.38. The molecule has 5 heteroatoms. The molecule has 0 aromatic carbocycles. The van der Waals surface area contributed by atoms with E-state index in [1.54, 1.807) is 0 Å². The first kappa shape index (κ1) is 14.5. The number of piperidine rings is 1. The van der Waals surface area contributed by atoms with Gasteiger partial charge in [0.1, 0.15) is 0 Å². The van der Waals surface area contributed by atoms with Gasteiger partial charge in [0.25, 0.3) is 0 Å². The minimum absolute atomic E-state index is 0.130. The number of rotatable bonds is 3. The van der Waals surface area contributed by atoms with Crippen molar-refractivity contribution in [3.05, 3.63) is 15.9 Å². The molecule has 0 radical (unpaired) electrons. The Morgan fingerprint density at radius 3 is 2.58 bits per heavy atom. The summed E-state index contributed by atoms with van der Waals surface area (Å²) in [6, 6.07) is 2.45. The summed E-state index contributed by atoms with van der Waals surface area (Å²) in [6.07, 6.45) is 1.92. The highest BCUT2D eigenvalue weighted by Crippen LogP contribution is 2.31. The Labute approximate surface area is 123 Å². The lowest BCUT2D eigenvalue weighted by molar-refractivity contribution is 0.147. The standard InChI is InChI=1S/C14H21BrN4/c1-4-19-12(13(15)11(2)17-19)9-18-7-5-14(3,10-16)6-8-18/h4-9H2,1-3H3. The Balaban J connectivity index is 2.06. The fourth-order valence-electron chi connectivity index (χ4n) is 2.55. The molecule has 1 saturated heterocycles. The summed E-state index contributed by atoms with van der Waals surface area (Å²) in [5, 5.41) is 13.7. The van der Waals surface area contributed by atoms with Gasteiger partial charge in [-0.1, -0.05) is 0 Å². The van der Waals surface area contributed by atoms with Gasteiger partial charge >= 0.3 is 0 Å². The number of halogens is 1. The molecule has 0 bridgehead atoms. The van der Waals surface area contributed by atoms with E-state index in [4.69, 9.17) is 5.26 Å². The molecular weight excluding hydrogens is 304 g/mol. The number of nitriles is 1. The number of nitrogens with zero attached hydrogens (tertiary/aromatic N) is 4. The number of aryl methyl sites for hydroxylation is 2. The van der Waals surface area contributed by atoms with Crippen LogP contribution in [0.4, 0.5) is 0 Å². The quantitative estimate of drug-likeness (QED) is 0.858. The first-order chi connectivity index (χ1) is 8.99. The maximum atomic E-state index is 9.17. The van der Waals surface area contributed by atoms with Crippen LogP contribution in [0, 0.1) is 23.7 Å². The molecule has 0 atom stereocenters. The summed E-state index contributed by atoms with van der Waals surface area (Å²) in [4.78, 5) is 2.42. The minimum Gasteiger partial charge on any atom is -0.297 e.